The number of piperazine rings is 1. The van der Waals surface area contributed by atoms with Gasteiger partial charge in [-0.1, -0.05) is 12.1 Å². The summed E-state index contributed by atoms with van der Waals surface area (Å²) in [7, 11) is 3.32. The average molecular weight is 402 g/mol. The lowest BCUT2D eigenvalue weighted by Gasteiger charge is -2.36. The van der Waals surface area contributed by atoms with E-state index in [1.165, 1.54) is 0 Å². The number of anilines is 2. The molecular weight excluding hydrogens is 374 g/mol. The van der Waals surface area contributed by atoms with Gasteiger partial charge in [0, 0.05) is 38.1 Å². The van der Waals surface area contributed by atoms with Gasteiger partial charge in [-0.05, 0) is 49.2 Å². The van der Waals surface area contributed by atoms with E-state index < -0.39 is 0 Å². The zero-order valence-corrected chi connectivity index (χ0v) is 17.6. The van der Waals surface area contributed by atoms with Crippen molar-refractivity contribution in [2.45, 2.75) is 13.8 Å². The molecule has 1 saturated heterocycles. The van der Waals surface area contributed by atoms with E-state index in [0.29, 0.717) is 13.1 Å². The summed E-state index contributed by atoms with van der Waals surface area (Å²) in [5.74, 6) is 1.60. The molecule has 3 rings (SSSR count). The molecule has 1 amide bonds. The second-order valence-electron chi connectivity index (χ2n) is 6.75. The highest BCUT2D eigenvalue weighted by Gasteiger charge is 2.23. The van der Waals surface area contributed by atoms with Crippen molar-refractivity contribution in [1.29, 1.82) is 0 Å². The summed E-state index contributed by atoms with van der Waals surface area (Å²) in [6.07, 6.45) is 0. The van der Waals surface area contributed by atoms with Crippen LogP contribution < -0.4 is 19.1 Å². The molecule has 1 aliphatic rings. The summed E-state index contributed by atoms with van der Waals surface area (Å²) < 4.78 is 14.0. The molecule has 1 aliphatic heterocycles. The molecule has 0 aromatic heterocycles. The Morgan fingerprint density at radius 1 is 0.964 bits per heavy atom. The van der Waals surface area contributed by atoms with Crippen molar-refractivity contribution < 1.29 is 14.3 Å². The predicted molar refractivity (Wildman–Crippen MR) is 116 cm³/mol. The van der Waals surface area contributed by atoms with Crippen LogP contribution in [0.25, 0.3) is 0 Å². The molecule has 0 atom stereocenters. The SMILES string of the molecule is COc1cc(C)c(C)cc1NSC(=O)N1CCN(c2ccccc2OC)CC1. The molecule has 28 heavy (non-hydrogen) atoms. The predicted octanol–water partition coefficient (Wildman–Crippen LogP) is 4.32. The minimum absolute atomic E-state index is 0.0138. The van der Waals surface area contributed by atoms with Crippen LogP contribution >= 0.6 is 11.9 Å². The van der Waals surface area contributed by atoms with Crippen LogP contribution in [0.15, 0.2) is 36.4 Å². The Morgan fingerprint density at radius 3 is 2.29 bits per heavy atom. The minimum Gasteiger partial charge on any atom is -0.495 e. The number of rotatable bonds is 5. The van der Waals surface area contributed by atoms with Gasteiger partial charge < -0.3 is 24.0 Å². The number of methoxy groups -OCH3 is 2. The van der Waals surface area contributed by atoms with Gasteiger partial charge in [0.25, 0.3) is 0 Å². The molecule has 1 N–H and O–H groups in total. The van der Waals surface area contributed by atoms with Crippen LogP contribution in [0.3, 0.4) is 0 Å². The Bertz CT molecular complexity index is 836. The summed E-state index contributed by atoms with van der Waals surface area (Å²) in [6.45, 7) is 7.00. The molecule has 0 spiro atoms. The quantitative estimate of drug-likeness (QED) is 0.753. The number of carbonyl (C=O) groups is 1. The van der Waals surface area contributed by atoms with Crippen molar-refractivity contribution in [2.24, 2.45) is 0 Å². The van der Waals surface area contributed by atoms with E-state index >= 15 is 0 Å². The van der Waals surface area contributed by atoms with Crippen LogP contribution in [0.4, 0.5) is 16.2 Å². The van der Waals surface area contributed by atoms with E-state index in [0.717, 1.165) is 59.0 Å². The topological polar surface area (TPSA) is 54.0 Å². The van der Waals surface area contributed by atoms with Crippen molar-refractivity contribution >= 4 is 28.6 Å². The summed E-state index contributed by atoms with van der Waals surface area (Å²) in [6, 6.07) is 12.0. The smallest absolute Gasteiger partial charge is 0.302 e. The molecule has 0 radical (unpaired) electrons. The van der Waals surface area contributed by atoms with Gasteiger partial charge in [-0.15, -0.1) is 0 Å². The van der Waals surface area contributed by atoms with Crippen LogP contribution in [0, 0.1) is 13.8 Å². The molecule has 0 bridgehead atoms. The van der Waals surface area contributed by atoms with Crippen LogP contribution in [0.5, 0.6) is 11.5 Å². The Labute approximate surface area is 170 Å². The monoisotopic (exact) mass is 401 g/mol. The van der Waals surface area contributed by atoms with E-state index in [-0.39, 0.29) is 5.24 Å². The number of hydrogen-bond donors (Lipinski definition) is 1. The number of benzene rings is 2. The first-order valence-corrected chi connectivity index (χ1v) is 10.1. The number of amides is 1. The third kappa shape index (κ3) is 4.47. The number of carbonyl (C=O) groups excluding carboxylic acids is 1. The van der Waals surface area contributed by atoms with Crippen LogP contribution in [0.2, 0.25) is 0 Å². The van der Waals surface area contributed by atoms with Gasteiger partial charge in [-0.25, -0.2) is 0 Å². The molecule has 0 aliphatic carbocycles. The van der Waals surface area contributed by atoms with E-state index in [9.17, 15) is 4.79 Å². The molecule has 1 fully saturated rings. The van der Waals surface area contributed by atoms with Gasteiger partial charge in [0.1, 0.15) is 11.5 Å². The molecular formula is C21H27N3O3S. The first-order valence-electron chi connectivity index (χ1n) is 9.28. The highest BCUT2D eigenvalue weighted by Crippen LogP contribution is 2.31. The lowest BCUT2D eigenvalue weighted by atomic mass is 10.1. The third-order valence-corrected chi connectivity index (χ3v) is 5.78. The largest absolute Gasteiger partial charge is 0.495 e. The Kier molecular flexibility index (Phi) is 6.57. The highest BCUT2D eigenvalue weighted by atomic mass is 32.2. The van der Waals surface area contributed by atoms with Crippen molar-refractivity contribution in [2.75, 3.05) is 50.0 Å². The third-order valence-electron chi connectivity index (χ3n) is 5.03. The van der Waals surface area contributed by atoms with E-state index in [4.69, 9.17) is 9.47 Å². The first kappa shape index (κ1) is 20.2. The second-order valence-corrected chi connectivity index (χ2v) is 7.51. The van der Waals surface area contributed by atoms with Gasteiger partial charge in [-0.2, -0.15) is 0 Å². The van der Waals surface area contributed by atoms with Crippen LogP contribution in [0.1, 0.15) is 11.1 Å². The van der Waals surface area contributed by atoms with E-state index in [2.05, 4.69) is 15.7 Å². The molecule has 150 valence electrons. The van der Waals surface area contributed by atoms with Crippen LogP contribution in [-0.4, -0.2) is 50.5 Å². The fraction of sp³-hybridized carbons (Fsp3) is 0.381. The minimum atomic E-state index is 0.0138. The maximum atomic E-state index is 12.6. The number of nitrogens with zero attached hydrogens (tertiary/aromatic N) is 2. The zero-order chi connectivity index (χ0) is 20.1. The standard InChI is InChI=1S/C21H27N3O3S/c1-15-13-17(20(27-4)14-16(15)2)22-28-21(25)24-11-9-23(10-12-24)18-7-5-6-8-19(18)26-3/h5-8,13-14,22H,9-12H2,1-4H3. The van der Waals surface area contributed by atoms with Crippen LogP contribution in [-0.2, 0) is 0 Å². The second kappa shape index (κ2) is 9.10. The molecule has 2 aromatic rings. The molecule has 0 saturated carbocycles. The molecule has 2 aromatic carbocycles. The Balaban J connectivity index is 1.57. The first-order chi connectivity index (χ1) is 13.5. The summed E-state index contributed by atoms with van der Waals surface area (Å²) in [4.78, 5) is 16.8. The Morgan fingerprint density at radius 2 is 1.61 bits per heavy atom. The van der Waals surface area contributed by atoms with Gasteiger partial charge >= 0.3 is 5.24 Å². The molecule has 6 nitrogen and oxygen atoms in total. The summed E-state index contributed by atoms with van der Waals surface area (Å²) in [5.41, 5.74) is 4.20. The van der Waals surface area contributed by atoms with Crippen molar-refractivity contribution in [3.05, 3.63) is 47.5 Å². The van der Waals surface area contributed by atoms with E-state index in [1.54, 1.807) is 14.2 Å². The van der Waals surface area contributed by atoms with Gasteiger partial charge in [-0.3, -0.25) is 4.79 Å². The number of ether oxygens (including phenoxy) is 2. The lowest BCUT2D eigenvalue weighted by Crippen LogP contribution is -2.48. The normalized spacial score (nSPS) is 14.0. The highest BCUT2D eigenvalue weighted by molar-refractivity contribution is 8.14. The fourth-order valence-corrected chi connectivity index (χ4v) is 3.89. The number of aryl methyl sites for hydroxylation is 2. The van der Waals surface area contributed by atoms with Gasteiger partial charge in [0.05, 0.1) is 25.6 Å². The fourth-order valence-electron chi connectivity index (χ4n) is 3.22. The summed E-state index contributed by atoms with van der Waals surface area (Å²) >= 11 is 1.10. The maximum Gasteiger partial charge on any atom is 0.302 e. The van der Waals surface area contributed by atoms with Gasteiger partial charge in [0.2, 0.25) is 0 Å². The van der Waals surface area contributed by atoms with Gasteiger partial charge in [0.15, 0.2) is 0 Å². The maximum absolute atomic E-state index is 12.6. The van der Waals surface area contributed by atoms with Crippen molar-refractivity contribution in [3.63, 3.8) is 0 Å². The number of nitrogens with one attached hydrogen (secondary N) is 1. The Hall–Kier alpha value is -2.54. The average Bonchev–Trinajstić information content (AvgIpc) is 2.74. The van der Waals surface area contributed by atoms with Crippen molar-refractivity contribution in [1.82, 2.24) is 4.90 Å². The summed E-state index contributed by atoms with van der Waals surface area (Å²) in [5, 5.41) is 0.0138. The van der Waals surface area contributed by atoms with E-state index in [1.807, 2.05) is 49.1 Å². The van der Waals surface area contributed by atoms with Crippen molar-refractivity contribution in [3.8, 4) is 11.5 Å². The number of para-hydroxylation sites is 2. The molecule has 0 unspecified atom stereocenters. The molecule has 7 heteroatoms. The number of hydrogen-bond acceptors (Lipinski definition) is 6. The lowest BCUT2D eigenvalue weighted by molar-refractivity contribution is 0.219. The zero-order valence-electron chi connectivity index (χ0n) is 16.8. The molecule has 1 heterocycles.